The number of oxime groups is 1. The third kappa shape index (κ3) is 5.69. The quantitative estimate of drug-likeness (QED) is 0.618. The standard InChI is InChI=1S/C19H21F3N4O4S/c1-3-29-24-14-8-9-26(11-15(14)31(2)28)16(27)10-12-4-6-13(7-5-12)17-23-18(30-25-17)19(20,21)22/h4-7,15H,3,8-11H2,1-2H3. The summed E-state index contributed by atoms with van der Waals surface area (Å²) in [5.74, 6) is -1.74. The zero-order chi connectivity index (χ0) is 22.6. The summed E-state index contributed by atoms with van der Waals surface area (Å²) < 4.78 is 54.1. The van der Waals surface area contributed by atoms with E-state index in [0.717, 1.165) is 0 Å². The molecule has 1 aliphatic heterocycles. The molecule has 1 amide bonds. The Labute approximate surface area is 178 Å². The van der Waals surface area contributed by atoms with Crippen LogP contribution in [0.25, 0.3) is 11.4 Å². The van der Waals surface area contributed by atoms with Crippen molar-refractivity contribution in [2.24, 2.45) is 5.16 Å². The van der Waals surface area contributed by atoms with Crippen LogP contribution in [-0.4, -0.2) is 62.1 Å². The Balaban J connectivity index is 1.64. The van der Waals surface area contributed by atoms with E-state index < -0.39 is 22.9 Å². The number of aromatic nitrogens is 2. The molecule has 0 bridgehead atoms. The van der Waals surface area contributed by atoms with Crippen LogP contribution in [0.15, 0.2) is 33.9 Å². The van der Waals surface area contributed by atoms with Crippen molar-refractivity contribution < 1.29 is 31.5 Å². The van der Waals surface area contributed by atoms with Crippen LogP contribution in [0, 0.1) is 0 Å². The van der Waals surface area contributed by atoms with Gasteiger partial charge in [0.25, 0.3) is 0 Å². The molecule has 1 aromatic heterocycles. The number of piperidine rings is 1. The van der Waals surface area contributed by atoms with Crippen LogP contribution in [-0.2, 0) is 33.0 Å². The average Bonchev–Trinajstić information content (AvgIpc) is 3.23. The average molecular weight is 458 g/mol. The van der Waals surface area contributed by atoms with Crippen LogP contribution in [0.3, 0.4) is 0 Å². The van der Waals surface area contributed by atoms with Gasteiger partial charge in [-0.15, -0.1) is 0 Å². The molecule has 0 radical (unpaired) electrons. The highest BCUT2D eigenvalue weighted by molar-refractivity contribution is 7.85. The number of alkyl halides is 3. The molecule has 1 aliphatic rings. The lowest BCUT2D eigenvalue weighted by molar-refractivity contribution is -0.159. The largest absolute Gasteiger partial charge is 0.471 e. The summed E-state index contributed by atoms with van der Waals surface area (Å²) in [4.78, 5) is 22.8. The smallest absolute Gasteiger partial charge is 0.396 e. The first kappa shape index (κ1) is 22.9. The number of likely N-dealkylation sites (tertiary alicyclic amines) is 1. The molecule has 3 rings (SSSR count). The van der Waals surface area contributed by atoms with Gasteiger partial charge in [0.05, 0.1) is 17.4 Å². The van der Waals surface area contributed by atoms with Gasteiger partial charge >= 0.3 is 12.1 Å². The molecule has 1 saturated heterocycles. The van der Waals surface area contributed by atoms with E-state index in [0.29, 0.717) is 36.4 Å². The predicted octanol–water partition coefficient (Wildman–Crippen LogP) is 2.67. The first-order valence-electron chi connectivity index (χ1n) is 9.48. The van der Waals surface area contributed by atoms with Gasteiger partial charge in [0.1, 0.15) is 6.61 Å². The molecular formula is C19H21F3N4O4S. The van der Waals surface area contributed by atoms with Gasteiger partial charge in [0.15, 0.2) is 0 Å². The van der Waals surface area contributed by atoms with Crippen molar-refractivity contribution in [1.29, 1.82) is 0 Å². The van der Waals surface area contributed by atoms with E-state index in [-0.39, 0.29) is 29.9 Å². The van der Waals surface area contributed by atoms with Crippen molar-refractivity contribution in [3.05, 3.63) is 35.7 Å². The molecule has 168 valence electrons. The van der Waals surface area contributed by atoms with E-state index in [2.05, 4.69) is 19.8 Å². The van der Waals surface area contributed by atoms with E-state index >= 15 is 0 Å². The van der Waals surface area contributed by atoms with Crippen molar-refractivity contribution >= 4 is 22.4 Å². The van der Waals surface area contributed by atoms with Crippen LogP contribution in [0.4, 0.5) is 13.2 Å². The van der Waals surface area contributed by atoms with Crippen LogP contribution >= 0.6 is 0 Å². The fourth-order valence-electron chi connectivity index (χ4n) is 3.10. The number of hydrogen-bond acceptors (Lipinski definition) is 7. The maximum absolute atomic E-state index is 12.7. The van der Waals surface area contributed by atoms with Gasteiger partial charge < -0.3 is 14.3 Å². The van der Waals surface area contributed by atoms with Gasteiger partial charge in [-0.3, -0.25) is 9.00 Å². The summed E-state index contributed by atoms with van der Waals surface area (Å²) in [6, 6.07) is 6.30. The molecule has 2 aromatic rings. The molecule has 0 aliphatic carbocycles. The highest BCUT2D eigenvalue weighted by Crippen LogP contribution is 2.29. The Morgan fingerprint density at radius 3 is 2.65 bits per heavy atom. The summed E-state index contributed by atoms with van der Waals surface area (Å²) in [6.45, 7) is 2.95. The maximum Gasteiger partial charge on any atom is 0.471 e. The lowest BCUT2D eigenvalue weighted by atomic mass is 10.1. The third-order valence-corrected chi connectivity index (χ3v) is 5.92. The SMILES string of the molecule is CCON=C1CCN(C(=O)Cc2ccc(-c3noc(C(F)(F)F)n3)cc2)CC1S(C)=O. The van der Waals surface area contributed by atoms with E-state index in [9.17, 15) is 22.2 Å². The highest BCUT2D eigenvalue weighted by atomic mass is 32.2. The van der Waals surface area contributed by atoms with Crippen molar-refractivity contribution in [1.82, 2.24) is 15.0 Å². The molecule has 0 N–H and O–H groups in total. The van der Waals surface area contributed by atoms with Gasteiger partial charge in [0, 0.05) is 42.1 Å². The first-order valence-corrected chi connectivity index (χ1v) is 11.1. The molecule has 31 heavy (non-hydrogen) atoms. The molecular weight excluding hydrogens is 437 g/mol. The fraction of sp³-hybridized carbons (Fsp3) is 0.474. The number of rotatable bonds is 6. The maximum atomic E-state index is 12.7. The number of carbonyl (C=O) groups is 1. The molecule has 0 saturated carbocycles. The van der Waals surface area contributed by atoms with Crippen molar-refractivity contribution in [3.8, 4) is 11.4 Å². The van der Waals surface area contributed by atoms with E-state index in [1.165, 1.54) is 12.1 Å². The highest BCUT2D eigenvalue weighted by Gasteiger charge is 2.38. The number of benzene rings is 1. The Morgan fingerprint density at radius 1 is 1.35 bits per heavy atom. The molecule has 2 unspecified atom stereocenters. The van der Waals surface area contributed by atoms with Crippen LogP contribution in [0.1, 0.15) is 24.8 Å². The number of hydrogen-bond donors (Lipinski definition) is 0. The van der Waals surface area contributed by atoms with Crippen LogP contribution < -0.4 is 0 Å². The second-order valence-electron chi connectivity index (χ2n) is 6.87. The number of halogens is 3. The molecule has 0 spiro atoms. The number of nitrogens with zero attached hydrogens (tertiary/aromatic N) is 4. The minimum absolute atomic E-state index is 0.0985. The minimum Gasteiger partial charge on any atom is -0.396 e. The molecule has 2 atom stereocenters. The molecule has 2 heterocycles. The number of carbonyl (C=O) groups excluding carboxylic acids is 1. The van der Waals surface area contributed by atoms with E-state index in [1.54, 1.807) is 30.2 Å². The third-order valence-electron chi connectivity index (χ3n) is 4.70. The topological polar surface area (TPSA) is 97.9 Å². The van der Waals surface area contributed by atoms with Crippen molar-refractivity contribution in [3.63, 3.8) is 0 Å². The summed E-state index contributed by atoms with van der Waals surface area (Å²) in [6.07, 6.45) is -2.56. The lowest BCUT2D eigenvalue weighted by Gasteiger charge is -2.32. The van der Waals surface area contributed by atoms with Crippen molar-refractivity contribution in [2.45, 2.75) is 31.2 Å². The number of amides is 1. The Hall–Kier alpha value is -2.76. The predicted molar refractivity (Wildman–Crippen MR) is 107 cm³/mol. The van der Waals surface area contributed by atoms with Crippen LogP contribution in [0.2, 0.25) is 0 Å². The monoisotopic (exact) mass is 458 g/mol. The second kappa shape index (κ2) is 9.58. The van der Waals surface area contributed by atoms with E-state index in [4.69, 9.17) is 4.84 Å². The first-order chi connectivity index (χ1) is 14.7. The van der Waals surface area contributed by atoms with Gasteiger partial charge in [-0.1, -0.05) is 34.6 Å². The zero-order valence-corrected chi connectivity index (χ0v) is 17.7. The van der Waals surface area contributed by atoms with Crippen molar-refractivity contribution in [2.75, 3.05) is 26.0 Å². The Bertz CT molecular complexity index is 975. The lowest BCUT2D eigenvalue weighted by Crippen LogP contribution is -2.49. The Kier molecular flexibility index (Phi) is 7.08. The van der Waals surface area contributed by atoms with E-state index in [1.807, 2.05) is 0 Å². The molecule has 1 fully saturated rings. The Morgan fingerprint density at radius 2 is 2.06 bits per heavy atom. The molecule has 8 nitrogen and oxygen atoms in total. The summed E-state index contributed by atoms with van der Waals surface area (Å²) >= 11 is 0. The molecule has 1 aromatic carbocycles. The zero-order valence-electron chi connectivity index (χ0n) is 16.9. The second-order valence-corrected chi connectivity index (χ2v) is 8.44. The van der Waals surface area contributed by atoms with Crippen LogP contribution in [0.5, 0.6) is 0 Å². The summed E-state index contributed by atoms with van der Waals surface area (Å²) in [5, 5.41) is 6.99. The van der Waals surface area contributed by atoms with Gasteiger partial charge in [0.2, 0.25) is 11.7 Å². The summed E-state index contributed by atoms with van der Waals surface area (Å²) in [7, 11) is -1.21. The van der Waals surface area contributed by atoms with Gasteiger partial charge in [-0.25, -0.2) is 0 Å². The normalized spacial score (nSPS) is 19.5. The van der Waals surface area contributed by atoms with Gasteiger partial charge in [-0.05, 0) is 12.5 Å². The molecule has 12 heteroatoms. The fourth-order valence-corrected chi connectivity index (χ4v) is 4.03. The minimum atomic E-state index is -4.71. The summed E-state index contributed by atoms with van der Waals surface area (Å²) in [5.41, 5.74) is 1.71. The van der Waals surface area contributed by atoms with Gasteiger partial charge in [-0.2, -0.15) is 18.2 Å².